The lowest BCUT2D eigenvalue weighted by Gasteiger charge is -2.26. The van der Waals surface area contributed by atoms with E-state index in [0.717, 1.165) is 10.9 Å². The molecule has 1 heterocycles. The molecular weight excluding hydrogens is 427 g/mol. The molecule has 168 valence electrons. The number of fused-ring (bicyclic) bond motifs is 1. The van der Waals surface area contributed by atoms with Crippen LogP contribution in [0, 0.1) is 11.8 Å². The number of primary amides is 1. The maximum atomic E-state index is 13.3. The van der Waals surface area contributed by atoms with Crippen molar-refractivity contribution in [2.75, 3.05) is 6.54 Å². The van der Waals surface area contributed by atoms with Crippen molar-refractivity contribution in [2.45, 2.75) is 38.7 Å². The number of nitrogens with one attached hydrogen (secondary N) is 2. The third-order valence-electron chi connectivity index (χ3n) is 4.67. The summed E-state index contributed by atoms with van der Waals surface area (Å²) in [6.07, 6.45) is -0.0529. The Bertz CT molecular complexity index is 927. The SMILES string of the molecule is CC(C)C[C@H](CC(=O)c1cc2ccccc2[nH]1)C(=O)NN(CCC(N)=O)C(=O)C(F)Cl. The molecule has 2 rings (SSSR count). The van der Waals surface area contributed by atoms with Crippen LogP contribution >= 0.6 is 11.6 Å². The molecule has 0 aliphatic rings. The molecule has 2 atom stereocenters. The second-order valence-corrected chi connectivity index (χ2v) is 8.09. The maximum Gasteiger partial charge on any atom is 0.291 e. The second-order valence-electron chi connectivity index (χ2n) is 7.71. The van der Waals surface area contributed by atoms with Crippen molar-refractivity contribution < 1.29 is 23.6 Å². The van der Waals surface area contributed by atoms with Crippen LogP contribution in [0.2, 0.25) is 0 Å². The van der Waals surface area contributed by atoms with Gasteiger partial charge in [-0.15, -0.1) is 0 Å². The number of amides is 3. The van der Waals surface area contributed by atoms with Crippen molar-refractivity contribution in [1.82, 2.24) is 15.4 Å². The summed E-state index contributed by atoms with van der Waals surface area (Å²) in [5.74, 6) is -3.58. The van der Waals surface area contributed by atoms with Gasteiger partial charge >= 0.3 is 0 Å². The van der Waals surface area contributed by atoms with Gasteiger partial charge in [-0.3, -0.25) is 24.6 Å². The largest absolute Gasteiger partial charge is 0.370 e. The number of carbonyl (C=O) groups excluding carboxylic acids is 4. The van der Waals surface area contributed by atoms with Crippen LogP contribution in [0.5, 0.6) is 0 Å². The molecule has 8 nitrogen and oxygen atoms in total. The minimum Gasteiger partial charge on any atom is -0.370 e. The number of aromatic amines is 1. The van der Waals surface area contributed by atoms with Crippen LogP contribution in [0.15, 0.2) is 30.3 Å². The van der Waals surface area contributed by atoms with E-state index in [-0.39, 0.29) is 31.1 Å². The minimum atomic E-state index is -2.40. The third kappa shape index (κ3) is 7.06. The normalized spacial score (nSPS) is 13.1. The van der Waals surface area contributed by atoms with E-state index < -0.39 is 29.3 Å². The van der Waals surface area contributed by atoms with Crippen molar-refractivity contribution in [1.29, 1.82) is 0 Å². The molecule has 10 heteroatoms. The average Bonchev–Trinajstić information content (AvgIpc) is 3.13. The Balaban J connectivity index is 2.16. The zero-order chi connectivity index (χ0) is 23.1. The van der Waals surface area contributed by atoms with Gasteiger partial charge in [-0.05, 0) is 24.5 Å². The first-order chi connectivity index (χ1) is 14.6. The van der Waals surface area contributed by atoms with Crippen molar-refractivity contribution in [3.63, 3.8) is 0 Å². The van der Waals surface area contributed by atoms with Crippen LogP contribution in [0.4, 0.5) is 4.39 Å². The molecule has 1 aromatic carbocycles. The zero-order valence-corrected chi connectivity index (χ0v) is 18.1. The van der Waals surface area contributed by atoms with Gasteiger partial charge in [0.1, 0.15) is 0 Å². The first kappa shape index (κ1) is 24.3. The Labute approximate surface area is 184 Å². The first-order valence-corrected chi connectivity index (χ1v) is 10.3. The van der Waals surface area contributed by atoms with Crippen LogP contribution in [0.25, 0.3) is 10.9 Å². The van der Waals surface area contributed by atoms with Crippen LogP contribution in [-0.2, 0) is 14.4 Å². The Morgan fingerprint density at radius 2 is 1.90 bits per heavy atom. The summed E-state index contributed by atoms with van der Waals surface area (Å²) in [6.45, 7) is 3.44. The van der Waals surface area contributed by atoms with Gasteiger partial charge in [0.05, 0.1) is 12.2 Å². The summed E-state index contributed by atoms with van der Waals surface area (Å²) in [5, 5.41) is 1.50. The fraction of sp³-hybridized carbons (Fsp3) is 0.429. The fourth-order valence-corrected chi connectivity index (χ4v) is 3.31. The summed E-state index contributed by atoms with van der Waals surface area (Å²) in [6, 6.07) is 9.11. The topological polar surface area (TPSA) is 125 Å². The Hall–Kier alpha value is -2.94. The van der Waals surface area contributed by atoms with Crippen molar-refractivity contribution in [3.8, 4) is 0 Å². The molecular formula is C21H26ClFN4O4. The highest BCUT2D eigenvalue weighted by Crippen LogP contribution is 2.21. The Kier molecular flexibility index (Phi) is 8.56. The number of H-pyrrole nitrogens is 1. The van der Waals surface area contributed by atoms with Gasteiger partial charge in [-0.2, -0.15) is 0 Å². The molecule has 31 heavy (non-hydrogen) atoms. The summed E-state index contributed by atoms with van der Waals surface area (Å²) in [5.41, 5.74) is 6.14. The van der Waals surface area contributed by atoms with Crippen molar-refractivity contribution >= 4 is 46.0 Å². The predicted octanol–water partition coefficient (Wildman–Crippen LogP) is 2.67. The summed E-state index contributed by atoms with van der Waals surface area (Å²) >= 11 is 5.21. The zero-order valence-electron chi connectivity index (χ0n) is 17.4. The Morgan fingerprint density at radius 1 is 1.23 bits per heavy atom. The molecule has 2 aromatic rings. The van der Waals surface area contributed by atoms with Gasteiger partial charge in [0, 0.05) is 29.7 Å². The van der Waals surface area contributed by atoms with E-state index in [9.17, 15) is 23.6 Å². The number of rotatable bonds is 10. The van der Waals surface area contributed by atoms with E-state index in [1.165, 1.54) is 0 Å². The smallest absolute Gasteiger partial charge is 0.291 e. The molecule has 0 radical (unpaired) electrons. The van der Waals surface area contributed by atoms with E-state index in [4.69, 9.17) is 17.3 Å². The van der Waals surface area contributed by atoms with Gasteiger partial charge in [0.25, 0.3) is 11.5 Å². The molecule has 0 saturated heterocycles. The molecule has 0 aliphatic carbocycles. The number of hydrogen-bond donors (Lipinski definition) is 3. The number of hydrazine groups is 1. The molecule has 1 aromatic heterocycles. The van der Waals surface area contributed by atoms with Crippen LogP contribution in [0.1, 0.15) is 43.6 Å². The summed E-state index contributed by atoms with van der Waals surface area (Å²) in [7, 11) is 0. The average molecular weight is 453 g/mol. The number of nitrogens with zero attached hydrogens (tertiary/aromatic N) is 1. The van der Waals surface area contributed by atoms with Crippen LogP contribution in [0.3, 0.4) is 0 Å². The number of hydrogen-bond acceptors (Lipinski definition) is 4. The number of aromatic nitrogens is 1. The van der Waals surface area contributed by atoms with E-state index in [1.54, 1.807) is 6.07 Å². The minimum absolute atomic E-state index is 0.0722. The molecule has 0 aliphatic heterocycles. The predicted molar refractivity (Wildman–Crippen MR) is 115 cm³/mol. The number of halogens is 2. The second kappa shape index (κ2) is 10.9. The number of alkyl halides is 2. The number of nitrogens with two attached hydrogens (primary N) is 1. The highest BCUT2D eigenvalue weighted by molar-refractivity contribution is 6.29. The molecule has 1 unspecified atom stereocenters. The molecule has 3 amide bonds. The molecule has 4 N–H and O–H groups in total. The van der Waals surface area contributed by atoms with E-state index >= 15 is 0 Å². The molecule has 0 bridgehead atoms. The van der Waals surface area contributed by atoms with Crippen molar-refractivity contribution in [3.05, 3.63) is 36.0 Å². The number of Topliss-reactive ketones (excluding diaryl/α,β-unsaturated/α-hetero) is 1. The molecule has 0 fully saturated rings. The molecule has 0 saturated carbocycles. The van der Waals surface area contributed by atoms with Crippen molar-refractivity contribution in [2.24, 2.45) is 17.6 Å². The highest BCUT2D eigenvalue weighted by atomic mass is 35.5. The number of para-hydroxylation sites is 1. The lowest BCUT2D eigenvalue weighted by molar-refractivity contribution is -0.145. The summed E-state index contributed by atoms with van der Waals surface area (Å²) in [4.78, 5) is 51.7. The van der Waals surface area contributed by atoms with Gasteiger partial charge in [-0.1, -0.05) is 43.6 Å². The lowest BCUT2D eigenvalue weighted by atomic mass is 9.91. The maximum absolute atomic E-state index is 13.3. The number of ketones is 1. The van der Waals surface area contributed by atoms with Gasteiger partial charge in [0.2, 0.25) is 11.8 Å². The van der Waals surface area contributed by atoms with E-state index in [2.05, 4.69) is 10.4 Å². The fourth-order valence-electron chi connectivity index (χ4n) is 3.19. The van der Waals surface area contributed by atoms with Crippen LogP contribution in [-0.4, -0.2) is 45.7 Å². The van der Waals surface area contributed by atoms with E-state index in [0.29, 0.717) is 17.1 Å². The van der Waals surface area contributed by atoms with Gasteiger partial charge in [0.15, 0.2) is 5.78 Å². The van der Waals surface area contributed by atoms with Gasteiger partial charge < -0.3 is 10.7 Å². The third-order valence-corrected chi connectivity index (χ3v) is 4.86. The quantitative estimate of drug-likeness (QED) is 0.291. The van der Waals surface area contributed by atoms with Crippen LogP contribution < -0.4 is 11.2 Å². The van der Waals surface area contributed by atoms with E-state index in [1.807, 2.05) is 38.1 Å². The number of carbonyl (C=O) groups is 4. The molecule has 0 spiro atoms. The number of benzene rings is 1. The monoisotopic (exact) mass is 452 g/mol. The Morgan fingerprint density at radius 3 is 2.48 bits per heavy atom. The first-order valence-electron chi connectivity index (χ1n) is 9.87. The van der Waals surface area contributed by atoms with Gasteiger partial charge in [-0.25, -0.2) is 9.40 Å². The summed E-state index contributed by atoms with van der Waals surface area (Å²) < 4.78 is 13.3. The highest BCUT2D eigenvalue weighted by Gasteiger charge is 2.29. The lowest BCUT2D eigenvalue weighted by Crippen LogP contribution is -2.51. The standard InChI is InChI=1S/C21H26ClFN4O4/c1-12(2)9-14(11-17(28)16-10-13-5-3-4-6-15(13)25-16)20(30)26-27(8-7-18(24)29)21(31)19(22)23/h3-6,10,12,14,19,25H,7-9,11H2,1-2H3,(H2,24,29)(H,26,30)/t14-,19?/m1/s1.